The van der Waals surface area contributed by atoms with Crippen molar-refractivity contribution in [1.29, 1.82) is 0 Å². The van der Waals surface area contributed by atoms with Gasteiger partial charge in [-0.1, -0.05) is 6.58 Å². The van der Waals surface area contributed by atoms with Crippen molar-refractivity contribution in [2.24, 2.45) is 11.8 Å². The highest BCUT2D eigenvalue weighted by Crippen LogP contribution is 2.53. The predicted octanol–water partition coefficient (Wildman–Crippen LogP) is 2.11. The average molecular weight is 152 g/mol. The van der Waals surface area contributed by atoms with Gasteiger partial charge in [0.05, 0.1) is 5.60 Å². The van der Waals surface area contributed by atoms with Crippen LogP contribution in [0.1, 0.15) is 32.6 Å². The van der Waals surface area contributed by atoms with Crippen LogP contribution in [0, 0.1) is 11.8 Å². The number of hydrogen-bond acceptors (Lipinski definition) is 1. The highest BCUT2D eigenvalue weighted by atomic mass is 16.3. The molecule has 3 atom stereocenters. The first kappa shape index (κ1) is 7.35. The minimum Gasteiger partial charge on any atom is -0.385 e. The molecule has 11 heavy (non-hydrogen) atoms. The van der Waals surface area contributed by atoms with Gasteiger partial charge in [-0.15, -0.1) is 0 Å². The summed E-state index contributed by atoms with van der Waals surface area (Å²) in [5, 5.41) is 10.2. The van der Waals surface area contributed by atoms with Crippen molar-refractivity contribution in [2.75, 3.05) is 0 Å². The van der Waals surface area contributed by atoms with E-state index >= 15 is 0 Å². The highest BCUT2D eigenvalue weighted by molar-refractivity contribution is 5.18. The van der Waals surface area contributed by atoms with Crippen molar-refractivity contribution in [3.05, 3.63) is 12.2 Å². The number of hydrogen-bond donors (Lipinski definition) is 1. The molecule has 62 valence electrons. The first-order valence-corrected chi connectivity index (χ1v) is 4.51. The topological polar surface area (TPSA) is 20.2 Å². The van der Waals surface area contributed by atoms with Gasteiger partial charge < -0.3 is 5.11 Å². The van der Waals surface area contributed by atoms with Gasteiger partial charge in [-0.05, 0) is 50.0 Å². The normalized spacial score (nSPS) is 48.2. The lowest BCUT2D eigenvalue weighted by atomic mass is 9.80. The lowest BCUT2D eigenvalue weighted by Crippen LogP contribution is -2.35. The van der Waals surface area contributed by atoms with E-state index in [1.165, 1.54) is 19.3 Å². The molecular weight excluding hydrogens is 136 g/mol. The van der Waals surface area contributed by atoms with E-state index in [0.717, 1.165) is 17.9 Å². The molecule has 0 unspecified atom stereocenters. The minimum absolute atomic E-state index is 0.483. The molecule has 1 nitrogen and oxygen atoms in total. The standard InChI is InChI=1S/C10H16O/c1-7(2)10(11)6-8-3-4-9(10)5-8/h8-9,11H,1,3-6H2,2H3/t8-,9+,10+/m0/s1. The van der Waals surface area contributed by atoms with Crippen LogP contribution in [-0.2, 0) is 0 Å². The Kier molecular flexibility index (Phi) is 1.40. The van der Waals surface area contributed by atoms with E-state index in [4.69, 9.17) is 0 Å². The molecule has 2 rings (SSSR count). The van der Waals surface area contributed by atoms with Crippen molar-refractivity contribution < 1.29 is 5.11 Å². The summed E-state index contributed by atoms with van der Waals surface area (Å²) in [7, 11) is 0. The summed E-state index contributed by atoms with van der Waals surface area (Å²) in [6.45, 7) is 5.84. The molecule has 2 fully saturated rings. The molecule has 0 spiro atoms. The van der Waals surface area contributed by atoms with Crippen LogP contribution in [0.5, 0.6) is 0 Å². The lowest BCUT2D eigenvalue weighted by molar-refractivity contribution is 0.0230. The number of rotatable bonds is 1. The Labute approximate surface area is 68.1 Å². The molecule has 0 aromatic carbocycles. The molecule has 1 heteroatoms. The maximum absolute atomic E-state index is 10.2. The summed E-state index contributed by atoms with van der Waals surface area (Å²) in [5.41, 5.74) is 0.493. The van der Waals surface area contributed by atoms with E-state index < -0.39 is 5.60 Å². The second-order valence-corrected chi connectivity index (χ2v) is 4.28. The van der Waals surface area contributed by atoms with Gasteiger partial charge in [0.15, 0.2) is 0 Å². The maximum atomic E-state index is 10.2. The predicted molar refractivity (Wildman–Crippen MR) is 45.2 cm³/mol. The molecule has 0 heterocycles. The van der Waals surface area contributed by atoms with Crippen LogP contribution in [0.2, 0.25) is 0 Å². The fraction of sp³-hybridized carbons (Fsp3) is 0.800. The zero-order valence-corrected chi connectivity index (χ0v) is 7.14. The molecule has 0 aromatic heterocycles. The van der Waals surface area contributed by atoms with Crippen molar-refractivity contribution in [2.45, 2.75) is 38.2 Å². The molecule has 0 aromatic rings. The third kappa shape index (κ3) is 0.871. The van der Waals surface area contributed by atoms with Gasteiger partial charge in [-0.25, -0.2) is 0 Å². The largest absolute Gasteiger partial charge is 0.385 e. The van der Waals surface area contributed by atoms with E-state index in [9.17, 15) is 5.11 Å². The fourth-order valence-corrected chi connectivity index (χ4v) is 2.82. The number of aliphatic hydroxyl groups is 1. The molecule has 0 amide bonds. The quantitative estimate of drug-likeness (QED) is 0.570. The first-order valence-electron chi connectivity index (χ1n) is 4.51. The third-order valence-corrected chi connectivity index (χ3v) is 3.56. The van der Waals surface area contributed by atoms with Gasteiger partial charge in [0.2, 0.25) is 0 Å². The second kappa shape index (κ2) is 2.10. The van der Waals surface area contributed by atoms with Crippen molar-refractivity contribution in [3.8, 4) is 0 Å². The van der Waals surface area contributed by atoms with E-state index in [2.05, 4.69) is 6.58 Å². The fourth-order valence-electron chi connectivity index (χ4n) is 2.82. The average Bonchev–Trinajstić information content (AvgIpc) is 2.45. The van der Waals surface area contributed by atoms with Gasteiger partial charge in [-0.2, -0.15) is 0 Å². The van der Waals surface area contributed by atoms with Crippen molar-refractivity contribution >= 4 is 0 Å². The maximum Gasteiger partial charge on any atom is 0.0882 e. The molecule has 2 bridgehead atoms. The van der Waals surface area contributed by atoms with Gasteiger partial charge in [0.1, 0.15) is 0 Å². The summed E-state index contributed by atoms with van der Waals surface area (Å²) < 4.78 is 0. The Balaban J connectivity index is 2.23. The van der Waals surface area contributed by atoms with Gasteiger partial charge in [-0.3, -0.25) is 0 Å². The highest BCUT2D eigenvalue weighted by Gasteiger charge is 2.50. The van der Waals surface area contributed by atoms with Gasteiger partial charge in [0, 0.05) is 0 Å². The van der Waals surface area contributed by atoms with Crippen LogP contribution in [0.25, 0.3) is 0 Å². The molecule has 2 saturated carbocycles. The van der Waals surface area contributed by atoms with Crippen LogP contribution >= 0.6 is 0 Å². The smallest absolute Gasteiger partial charge is 0.0882 e. The Morgan fingerprint density at radius 2 is 2.27 bits per heavy atom. The molecule has 0 aliphatic heterocycles. The van der Waals surface area contributed by atoms with Crippen molar-refractivity contribution in [1.82, 2.24) is 0 Å². The molecule has 1 N–H and O–H groups in total. The zero-order chi connectivity index (χ0) is 8.06. The van der Waals surface area contributed by atoms with Crippen LogP contribution in [-0.4, -0.2) is 10.7 Å². The Morgan fingerprint density at radius 3 is 2.55 bits per heavy atom. The third-order valence-electron chi connectivity index (χ3n) is 3.56. The Morgan fingerprint density at radius 1 is 1.55 bits per heavy atom. The molecule has 2 aliphatic carbocycles. The van der Waals surface area contributed by atoms with Crippen molar-refractivity contribution in [3.63, 3.8) is 0 Å². The second-order valence-electron chi connectivity index (χ2n) is 4.28. The van der Waals surface area contributed by atoms with Gasteiger partial charge >= 0.3 is 0 Å². The molecule has 0 saturated heterocycles. The lowest BCUT2D eigenvalue weighted by Gasteiger charge is -2.32. The van der Waals surface area contributed by atoms with Gasteiger partial charge in [0.25, 0.3) is 0 Å². The minimum atomic E-state index is -0.483. The Hall–Kier alpha value is -0.300. The Bertz CT molecular complexity index is 197. The molecular formula is C10H16O. The van der Waals surface area contributed by atoms with Crippen LogP contribution in [0.3, 0.4) is 0 Å². The monoisotopic (exact) mass is 152 g/mol. The van der Waals surface area contributed by atoms with E-state index in [0.29, 0.717) is 5.92 Å². The summed E-state index contributed by atoms with van der Waals surface area (Å²) in [6.07, 6.45) is 4.77. The van der Waals surface area contributed by atoms with E-state index in [-0.39, 0.29) is 0 Å². The summed E-state index contributed by atoms with van der Waals surface area (Å²) in [4.78, 5) is 0. The summed E-state index contributed by atoms with van der Waals surface area (Å²) in [6, 6.07) is 0. The molecule has 2 aliphatic rings. The van der Waals surface area contributed by atoms with Crippen LogP contribution in [0.4, 0.5) is 0 Å². The first-order chi connectivity index (χ1) is 5.13. The molecule has 0 radical (unpaired) electrons. The van der Waals surface area contributed by atoms with Crippen LogP contribution < -0.4 is 0 Å². The van der Waals surface area contributed by atoms with E-state index in [1.807, 2.05) is 6.92 Å². The summed E-state index contributed by atoms with van der Waals surface area (Å²) in [5.74, 6) is 1.33. The van der Waals surface area contributed by atoms with E-state index in [1.54, 1.807) is 0 Å². The SMILES string of the molecule is C=C(C)[C@]1(O)C[C@H]2CC[C@@H]1C2. The van der Waals surface area contributed by atoms with Crippen LogP contribution in [0.15, 0.2) is 12.2 Å². The zero-order valence-electron chi connectivity index (χ0n) is 7.14. The number of fused-ring (bicyclic) bond motifs is 2. The summed E-state index contributed by atoms with van der Waals surface area (Å²) >= 11 is 0.